The van der Waals surface area contributed by atoms with Crippen molar-refractivity contribution in [2.24, 2.45) is 24.3 Å². The van der Waals surface area contributed by atoms with Crippen LogP contribution in [-0.4, -0.2) is 21.6 Å². The molecule has 0 spiro atoms. The summed E-state index contributed by atoms with van der Waals surface area (Å²) in [5.74, 6) is 0.440. The fourth-order valence-electron chi connectivity index (χ4n) is 7.55. The van der Waals surface area contributed by atoms with E-state index in [9.17, 15) is 14.4 Å². The molecule has 2 aromatic carbocycles. The van der Waals surface area contributed by atoms with Crippen LogP contribution in [0, 0.1) is 24.2 Å². The number of nitrogens with zero attached hydrogens (tertiary/aromatic N) is 2. The lowest BCUT2D eigenvalue weighted by molar-refractivity contribution is -0.149. The maximum absolute atomic E-state index is 13.6. The van der Waals surface area contributed by atoms with Gasteiger partial charge in [-0.25, -0.2) is 4.68 Å². The number of amides is 2. The quantitative estimate of drug-likeness (QED) is 0.573. The van der Waals surface area contributed by atoms with Crippen LogP contribution >= 0.6 is 0 Å². The van der Waals surface area contributed by atoms with E-state index in [1.165, 1.54) is 24.6 Å². The van der Waals surface area contributed by atoms with E-state index in [-0.39, 0.29) is 22.6 Å². The van der Waals surface area contributed by atoms with E-state index in [4.69, 9.17) is 0 Å². The Morgan fingerprint density at radius 2 is 1.60 bits per heavy atom. The fraction of sp³-hybridized carbons (Fsp3) is 0.429. The number of hydrazine groups is 1. The van der Waals surface area contributed by atoms with E-state index in [0.29, 0.717) is 22.6 Å². The summed E-state index contributed by atoms with van der Waals surface area (Å²) in [4.78, 5) is 39.1. The number of hydrogen-bond donors (Lipinski definition) is 2. The number of hydrogen-bond acceptors (Lipinski definition) is 4. The predicted octanol–water partition coefficient (Wildman–Crippen LogP) is 3.54. The van der Waals surface area contributed by atoms with Gasteiger partial charge in [-0.1, -0.05) is 48.0 Å². The van der Waals surface area contributed by atoms with Gasteiger partial charge in [0.2, 0.25) is 5.91 Å². The Hall–Kier alpha value is -3.48. The summed E-state index contributed by atoms with van der Waals surface area (Å²) < 4.78 is 1.16. The van der Waals surface area contributed by atoms with Gasteiger partial charge in [-0.05, 0) is 74.3 Å². The smallest absolute Gasteiger partial charge is 0.273 e. The first-order valence-electron chi connectivity index (χ1n) is 12.4. The van der Waals surface area contributed by atoms with Crippen molar-refractivity contribution in [2.45, 2.75) is 50.9 Å². The highest BCUT2D eigenvalue weighted by atomic mass is 16.2. The van der Waals surface area contributed by atoms with Gasteiger partial charge < -0.3 is 0 Å². The number of aryl methyl sites for hydroxylation is 2. The average Bonchev–Trinajstić information content (AvgIpc) is 2.84. The van der Waals surface area contributed by atoms with Crippen molar-refractivity contribution in [3.05, 3.63) is 75.7 Å². The minimum atomic E-state index is -0.525. The lowest BCUT2D eigenvalue weighted by atomic mass is 9.42. The van der Waals surface area contributed by atoms with Crippen molar-refractivity contribution in [3.8, 4) is 0 Å². The molecule has 0 radical (unpaired) electrons. The maximum Gasteiger partial charge on any atom is 0.290 e. The van der Waals surface area contributed by atoms with Crippen LogP contribution in [0.1, 0.15) is 60.1 Å². The third-order valence-electron chi connectivity index (χ3n) is 8.67. The van der Waals surface area contributed by atoms with Gasteiger partial charge in [-0.3, -0.25) is 25.2 Å². The zero-order valence-corrected chi connectivity index (χ0v) is 20.1. The number of benzene rings is 2. The molecule has 3 aromatic rings. The molecule has 1 heterocycles. The van der Waals surface area contributed by atoms with Gasteiger partial charge in [0.25, 0.3) is 11.5 Å². The van der Waals surface area contributed by atoms with Crippen LogP contribution in [0.15, 0.2) is 53.3 Å². The Labute approximate surface area is 203 Å². The Morgan fingerprint density at radius 3 is 2.29 bits per heavy atom. The Morgan fingerprint density at radius 1 is 0.943 bits per heavy atom. The van der Waals surface area contributed by atoms with E-state index in [2.05, 4.69) is 47.1 Å². The highest BCUT2D eigenvalue weighted by Crippen LogP contribution is 2.65. The molecule has 7 nitrogen and oxygen atoms in total. The van der Waals surface area contributed by atoms with Gasteiger partial charge in [-0.2, -0.15) is 5.10 Å². The second-order valence-electron chi connectivity index (χ2n) is 11.1. The Bertz CT molecular complexity index is 1390. The minimum absolute atomic E-state index is 0.0363. The lowest BCUT2D eigenvalue weighted by Gasteiger charge is -2.61. The van der Waals surface area contributed by atoms with Gasteiger partial charge in [0.05, 0.1) is 10.8 Å². The van der Waals surface area contributed by atoms with E-state index < -0.39 is 11.3 Å². The SMILES string of the molecule is Cc1ccc(C23CC4CC(CC(C(=O)NNC(=O)c5nn(C)c(=O)c6ccccc56)(C4)C2)C3)cc1. The number of fused-ring (bicyclic) bond motifs is 1. The molecule has 7 rings (SSSR count). The topological polar surface area (TPSA) is 93.1 Å². The van der Waals surface area contributed by atoms with Crippen molar-refractivity contribution in [1.29, 1.82) is 0 Å². The summed E-state index contributed by atoms with van der Waals surface area (Å²) in [5.41, 5.74) is 7.36. The number of rotatable bonds is 3. The molecule has 2 unspecified atom stereocenters. The second kappa shape index (κ2) is 7.77. The summed E-state index contributed by atoms with van der Waals surface area (Å²) >= 11 is 0. The molecular weight excluding hydrogens is 440 g/mol. The van der Waals surface area contributed by atoms with Gasteiger partial charge in [0.15, 0.2) is 5.69 Å². The molecule has 1 aromatic heterocycles. The van der Waals surface area contributed by atoms with E-state index in [1.807, 2.05) is 0 Å². The van der Waals surface area contributed by atoms with Crippen LogP contribution in [0.5, 0.6) is 0 Å². The number of aromatic nitrogens is 2. The van der Waals surface area contributed by atoms with E-state index in [1.54, 1.807) is 24.3 Å². The Balaban J connectivity index is 1.25. The standard InChI is InChI=1S/C28H30N4O3/c1-17-7-9-20(10-8-17)27-12-18-11-19(13-27)15-28(14-18,16-27)26(35)30-29-24(33)23-21-5-3-4-6-22(21)25(34)32(2)31-23/h3-10,18-19H,11-16H2,1-2H3,(H,29,33)(H,30,35). The largest absolute Gasteiger partial charge is 0.290 e. The first-order chi connectivity index (χ1) is 16.8. The highest BCUT2D eigenvalue weighted by molar-refractivity contribution is 6.05. The third-order valence-corrected chi connectivity index (χ3v) is 8.67. The Kier molecular flexibility index (Phi) is 4.88. The third kappa shape index (κ3) is 3.48. The maximum atomic E-state index is 13.6. The van der Waals surface area contributed by atoms with Crippen LogP contribution in [0.25, 0.3) is 10.8 Å². The van der Waals surface area contributed by atoms with Crippen molar-refractivity contribution < 1.29 is 9.59 Å². The van der Waals surface area contributed by atoms with Crippen molar-refractivity contribution in [1.82, 2.24) is 20.6 Å². The van der Waals surface area contributed by atoms with Gasteiger partial charge in [0.1, 0.15) is 0 Å². The van der Waals surface area contributed by atoms with Crippen molar-refractivity contribution in [2.75, 3.05) is 0 Å². The summed E-state index contributed by atoms with van der Waals surface area (Å²) in [6, 6.07) is 15.7. The highest BCUT2D eigenvalue weighted by Gasteiger charge is 2.61. The first-order valence-corrected chi connectivity index (χ1v) is 12.4. The summed E-state index contributed by atoms with van der Waals surface area (Å²) in [7, 11) is 1.52. The monoisotopic (exact) mass is 470 g/mol. The van der Waals surface area contributed by atoms with Crippen LogP contribution in [0.2, 0.25) is 0 Å². The van der Waals surface area contributed by atoms with E-state index >= 15 is 0 Å². The normalized spacial score (nSPS) is 28.7. The van der Waals surface area contributed by atoms with Gasteiger partial charge in [-0.15, -0.1) is 0 Å². The number of nitrogens with one attached hydrogen (secondary N) is 2. The summed E-state index contributed by atoms with van der Waals surface area (Å²) in [5, 5.41) is 5.06. The molecule has 4 aliphatic rings. The average molecular weight is 471 g/mol. The van der Waals surface area contributed by atoms with Crippen molar-refractivity contribution in [3.63, 3.8) is 0 Å². The molecule has 4 saturated carbocycles. The molecule has 7 heteroatoms. The zero-order chi connectivity index (χ0) is 24.4. The molecule has 2 amide bonds. The summed E-state index contributed by atoms with van der Waals surface area (Å²) in [6.45, 7) is 2.10. The molecule has 2 N–H and O–H groups in total. The van der Waals surface area contributed by atoms with Crippen LogP contribution in [-0.2, 0) is 17.3 Å². The predicted molar refractivity (Wildman–Crippen MR) is 133 cm³/mol. The first kappa shape index (κ1) is 22.0. The van der Waals surface area contributed by atoms with Crippen molar-refractivity contribution >= 4 is 22.6 Å². The molecule has 0 saturated heterocycles. The zero-order valence-electron chi connectivity index (χ0n) is 20.1. The van der Waals surface area contributed by atoms with Gasteiger partial charge >= 0.3 is 0 Å². The molecule has 4 fully saturated rings. The molecule has 4 bridgehead atoms. The van der Waals surface area contributed by atoms with Crippen LogP contribution in [0.4, 0.5) is 0 Å². The summed E-state index contributed by atoms with van der Waals surface area (Å²) in [6.07, 6.45) is 6.05. The number of carbonyl (C=O) groups excluding carboxylic acids is 2. The van der Waals surface area contributed by atoms with E-state index in [0.717, 1.165) is 36.8 Å². The van der Waals surface area contributed by atoms with Crippen LogP contribution < -0.4 is 16.4 Å². The lowest BCUT2D eigenvalue weighted by Crippen LogP contribution is -2.61. The second-order valence-corrected chi connectivity index (χ2v) is 11.1. The fourth-order valence-corrected chi connectivity index (χ4v) is 7.55. The number of carbonyl (C=O) groups is 2. The molecule has 0 aliphatic heterocycles. The molecule has 4 aliphatic carbocycles. The molecule has 180 valence electrons. The minimum Gasteiger partial charge on any atom is -0.273 e. The molecule has 35 heavy (non-hydrogen) atoms. The molecule has 2 atom stereocenters. The molecular formula is C28H30N4O3. The van der Waals surface area contributed by atoms with Gasteiger partial charge in [0, 0.05) is 12.4 Å². The van der Waals surface area contributed by atoms with Crippen LogP contribution in [0.3, 0.4) is 0 Å².